The third-order valence-electron chi connectivity index (χ3n) is 5.16. The molecule has 0 aliphatic heterocycles. The maximum Gasteiger partial charge on any atom is 0.335 e. The molecule has 0 bridgehead atoms. The first-order chi connectivity index (χ1) is 12.7. The fourth-order valence-electron chi connectivity index (χ4n) is 4.04. The lowest BCUT2D eigenvalue weighted by molar-refractivity contribution is 0.0697. The highest BCUT2D eigenvalue weighted by Crippen LogP contribution is 2.44. The normalized spacial score (nSPS) is 14.3. The van der Waals surface area contributed by atoms with Crippen LogP contribution in [0.2, 0.25) is 0 Å². The van der Waals surface area contributed by atoms with Gasteiger partial charge in [-0.05, 0) is 48.6 Å². The van der Waals surface area contributed by atoms with E-state index in [4.69, 9.17) is 0 Å². The van der Waals surface area contributed by atoms with E-state index in [9.17, 15) is 9.90 Å². The molecule has 1 aromatic carbocycles. The molecule has 0 spiro atoms. The van der Waals surface area contributed by atoms with E-state index in [1.54, 1.807) is 12.1 Å². The smallest absolute Gasteiger partial charge is 0.335 e. The van der Waals surface area contributed by atoms with Crippen molar-refractivity contribution < 1.29 is 9.90 Å². The second-order valence-electron chi connectivity index (χ2n) is 6.55. The molecule has 2 aromatic heterocycles. The number of aromatic nitrogens is 2. The molecule has 0 saturated heterocycles. The fraction of sp³-hybridized carbons (Fsp3) is 0.364. The van der Waals surface area contributed by atoms with Crippen LogP contribution < -0.4 is 0 Å². The first-order valence-corrected chi connectivity index (χ1v) is 9.44. The van der Waals surface area contributed by atoms with E-state index in [0.717, 1.165) is 22.3 Å². The maximum atomic E-state index is 11.4. The minimum Gasteiger partial charge on any atom is -0.478 e. The van der Waals surface area contributed by atoms with Gasteiger partial charge < -0.3 is 9.67 Å². The molecule has 1 N–H and O–H groups in total. The van der Waals surface area contributed by atoms with Crippen molar-refractivity contribution in [1.82, 2.24) is 9.55 Å². The van der Waals surface area contributed by atoms with Crippen LogP contribution in [0.1, 0.15) is 61.4 Å². The molecule has 4 heteroatoms. The Bertz CT molecular complexity index is 907. The minimum absolute atomic E-state index is 0.327. The van der Waals surface area contributed by atoms with E-state index in [-0.39, 0.29) is 0 Å². The number of benzene rings is 1. The van der Waals surface area contributed by atoms with Gasteiger partial charge in [-0.2, -0.15) is 0 Å². The number of rotatable bonds is 3. The summed E-state index contributed by atoms with van der Waals surface area (Å²) in [5.74, 6) is -0.360. The molecular formula is C22H26N2O2. The maximum absolute atomic E-state index is 11.4. The molecule has 4 nitrogen and oxygen atoms in total. The number of carboxylic acid groups (broad SMARTS) is 1. The van der Waals surface area contributed by atoms with Crippen LogP contribution in [0, 0.1) is 0 Å². The van der Waals surface area contributed by atoms with Crippen LogP contribution in [0.4, 0.5) is 0 Å². The van der Waals surface area contributed by atoms with Crippen molar-refractivity contribution in [1.29, 1.82) is 0 Å². The lowest BCUT2D eigenvalue weighted by Gasteiger charge is -2.13. The summed E-state index contributed by atoms with van der Waals surface area (Å²) in [6.45, 7) is 4.00. The van der Waals surface area contributed by atoms with Crippen molar-refractivity contribution >= 4 is 16.9 Å². The Morgan fingerprint density at radius 2 is 1.88 bits per heavy atom. The van der Waals surface area contributed by atoms with Crippen molar-refractivity contribution in [3.05, 3.63) is 53.7 Å². The van der Waals surface area contributed by atoms with Crippen molar-refractivity contribution in [2.75, 3.05) is 0 Å². The third-order valence-corrected chi connectivity index (χ3v) is 5.16. The zero-order valence-corrected chi connectivity index (χ0v) is 15.7. The van der Waals surface area contributed by atoms with Gasteiger partial charge in [0.25, 0.3) is 0 Å². The first-order valence-electron chi connectivity index (χ1n) is 9.44. The van der Waals surface area contributed by atoms with E-state index in [1.165, 1.54) is 31.2 Å². The quantitative estimate of drug-likeness (QED) is 0.667. The average molecular weight is 350 g/mol. The summed E-state index contributed by atoms with van der Waals surface area (Å²) in [5, 5.41) is 10.5. The molecule has 1 aliphatic carbocycles. The van der Waals surface area contributed by atoms with Crippen molar-refractivity contribution in [3.63, 3.8) is 0 Å². The van der Waals surface area contributed by atoms with Crippen LogP contribution in [0.3, 0.4) is 0 Å². The lowest BCUT2D eigenvalue weighted by Crippen LogP contribution is -1.99. The Morgan fingerprint density at radius 1 is 1.15 bits per heavy atom. The summed E-state index contributed by atoms with van der Waals surface area (Å²) >= 11 is 0. The van der Waals surface area contributed by atoms with Crippen molar-refractivity contribution in [2.45, 2.75) is 45.4 Å². The van der Waals surface area contributed by atoms with Crippen LogP contribution in [-0.2, 0) is 7.05 Å². The highest BCUT2D eigenvalue weighted by Gasteiger charge is 2.27. The SMILES string of the molecule is CC.Cn1c(-c2ccccn2)c(C2CCCC2)c2ccc(C(=O)O)cc21. The minimum atomic E-state index is -0.889. The monoisotopic (exact) mass is 350 g/mol. The molecule has 26 heavy (non-hydrogen) atoms. The molecular weight excluding hydrogens is 324 g/mol. The summed E-state index contributed by atoms with van der Waals surface area (Å²) in [4.78, 5) is 15.9. The zero-order valence-electron chi connectivity index (χ0n) is 15.7. The summed E-state index contributed by atoms with van der Waals surface area (Å²) in [5.41, 5.74) is 4.71. The standard InChI is InChI=1S/C20H20N2O2.C2H6/c1-22-17-12-14(20(23)24)9-10-15(17)18(13-6-2-3-7-13)19(22)16-8-4-5-11-21-16;1-2/h4-5,8-13H,2-3,6-7H2,1H3,(H,23,24);1-2H3. The number of pyridine rings is 1. The number of fused-ring (bicyclic) bond motifs is 1. The zero-order chi connectivity index (χ0) is 18.7. The van der Waals surface area contributed by atoms with E-state index < -0.39 is 5.97 Å². The molecule has 0 unspecified atom stereocenters. The second kappa shape index (κ2) is 7.73. The van der Waals surface area contributed by atoms with Crippen LogP contribution >= 0.6 is 0 Å². The molecule has 4 rings (SSSR count). The van der Waals surface area contributed by atoms with Gasteiger partial charge in [0, 0.05) is 24.1 Å². The van der Waals surface area contributed by atoms with Crippen LogP contribution in [-0.4, -0.2) is 20.6 Å². The first kappa shape index (κ1) is 18.2. The molecule has 136 valence electrons. The van der Waals surface area contributed by atoms with Crippen LogP contribution in [0.25, 0.3) is 22.3 Å². The molecule has 1 aliphatic rings. The van der Waals surface area contributed by atoms with Gasteiger partial charge in [-0.3, -0.25) is 4.98 Å². The Morgan fingerprint density at radius 3 is 2.50 bits per heavy atom. The third kappa shape index (κ3) is 3.12. The summed E-state index contributed by atoms with van der Waals surface area (Å²) < 4.78 is 2.11. The van der Waals surface area contributed by atoms with E-state index in [0.29, 0.717) is 11.5 Å². The Kier molecular flexibility index (Phi) is 5.40. The largest absolute Gasteiger partial charge is 0.478 e. The number of hydrogen-bond donors (Lipinski definition) is 1. The van der Waals surface area contributed by atoms with Crippen LogP contribution in [0.15, 0.2) is 42.6 Å². The number of carboxylic acids is 1. The van der Waals surface area contributed by atoms with Gasteiger partial charge in [-0.25, -0.2) is 4.79 Å². The molecule has 0 amide bonds. The molecule has 3 aromatic rings. The van der Waals surface area contributed by atoms with Crippen LogP contribution in [0.5, 0.6) is 0 Å². The molecule has 0 radical (unpaired) electrons. The number of hydrogen-bond acceptors (Lipinski definition) is 2. The fourth-order valence-corrected chi connectivity index (χ4v) is 4.04. The van der Waals surface area contributed by atoms with Gasteiger partial charge in [0.2, 0.25) is 0 Å². The van der Waals surface area contributed by atoms with Gasteiger partial charge in [-0.15, -0.1) is 0 Å². The van der Waals surface area contributed by atoms with Gasteiger partial charge in [0.15, 0.2) is 0 Å². The highest BCUT2D eigenvalue weighted by atomic mass is 16.4. The number of nitrogens with zero attached hydrogens (tertiary/aromatic N) is 2. The number of aryl methyl sites for hydroxylation is 1. The molecule has 0 atom stereocenters. The second-order valence-corrected chi connectivity index (χ2v) is 6.55. The predicted octanol–water partition coefficient (Wildman–Crippen LogP) is 5.62. The van der Waals surface area contributed by atoms with Gasteiger partial charge >= 0.3 is 5.97 Å². The molecule has 1 saturated carbocycles. The van der Waals surface area contributed by atoms with E-state index >= 15 is 0 Å². The molecule has 1 fully saturated rings. The highest BCUT2D eigenvalue weighted by molar-refractivity contribution is 5.97. The predicted molar refractivity (Wildman–Crippen MR) is 106 cm³/mol. The summed E-state index contributed by atoms with van der Waals surface area (Å²) in [7, 11) is 2.01. The summed E-state index contributed by atoms with van der Waals surface area (Å²) in [6.07, 6.45) is 6.72. The Hall–Kier alpha value is -2.62. The number of aromatic carboxylic acids is 1. The Labute approximate surface area is 154 Å². The Balaban J connectivity index is 0.000000948. The summed E-state index contributed by atoms with van der Waals surface area (Å²) in [6, 6.07) is 11.4. The van der Waals surface area contributed by atoms with E-state index in [1.807, 2.05) is 51.4 Å². The van der Waals surface area contributed by atoms with Gasteiger partial charge in [-0.1, -0.05) is 38.8 Å². The van der Waals surface area contributed by atoms with Crippen molar-refractivity contribution in [3.8, 4) is 11.4 Å². The average Bonchev–Trinajstić information content (AvgIpc) is 3.30. The van der Waals surface area contributed by atoms with Crippen molar-refractivity contribution in [2.24, 2.45) is 7.05 Å². The van der Waals surface area contributed by atoms with Gasteiger partial charge in [0.05, 0.1) is 17.0 Å². The lowest BCUT2D eigenvalue weighted by atomic mass is 9.93. The van der Waals surface area contributed by atoms with Gasteiger partial charge in [0.1, 0.15) is 0 Å². The molecule has 2 heterocycles. The topological polar surface area (TPSA) is 55.1 Å². The van der Waals surface area contributed by atoms with E-state index in [2.05, 4.69) is 9.55 Å². The number of carbonyl (C=O) groups is 1.